The highest BCUT2D eigenvalue weighted by Gasteiger charge is 2.00. The van der Waals surface area contributed by atoms with Crippen LogP contribution in [0.3, 0.4) is 0 Å². The Kier molecular flexibility index (Phi) is 2.40. The Balaban J connectivity index is 3.28. The fourth-order valence-corrected chi connectivity index (χ4v) is 1.36. The van der Waals surface area contributed by atoms with Gasteiger partial charge in [-0.2, -0.15) is 0 Å². The van der Waals surface area contributed by atoms with Gasteiger partial charge in [0, 0.05) is 8.04 Å². The van der Waals surface area contributed by atoms with E-state index in [9.17, 15) is 0 Å². The number of nitrogens with two attached hydrogens (primary N) is 1. The minimum atomic E-state index is 0.132. The molecule has 54 valence electrons. The van der Waals surface area contributed by atoms with Gasteiger partial charge in [-0.05, 0) is 50.7 Å². The third-order valence-corrected chi connectivity index (χ3v) is 3.36. The van der Waals surface area contributed by atoms with Gasteiger partial charge in [0.05, 0.1) is 5.69 Å². The molecule has 0 bridgehead atoms. The average molecular weight is 314 g/mol. The molecular weight excluding hydrogens is 309 g/mol. The zero-order valence-corrected chi connectivity index (χ0v) is 8.68. The summed E-state index contributed by atoms with van der Waals surface area (Å²) in [6.07, 6.45) is 0. The molecule has 0 aliphatic heterocycles. The summed E-state index contributed by atoms with van der Waals surface area (Å²) in [6, 6.07) is 3.29. The molecule has 0 saturated carbocycles. The quantitative estimate of drug-likeness (QED) is 0.439. The summed E-state index contributed by atoms with van der Waals surface area (Å²) in [5, 5.41) is 9.07. The van der Waals surface area contributed by atoms with E-state index in [0.717, 1.165) is 8.04 Å². The van der Waals surface area contributed by atoms with Crippen LogP contribution in [0.4, 0.5) is 5.69 Å². The molecule has 0 fully saturated rings. The molecule has 0 aliphatic rings. The third kappa shape index (κ3) is 1.54. The smallest absolute Gasteiger partial charge is 0.139 e. The molecule has 1 rings (SSSR count). The van der Waals surface area contributed by atoms with Crippen LogP contribution in [0, 0.1) is 3.57 Å². The Morgan fingerprint density at radius 3 is 2.60 bits per heavy atom. The van der Waals surface area contributed by atoms with Crippen LogP contribution in [0.25, 0.3) is 0 Å². The first-order valence-electron chi connectivity index (χ1n) is 2.54. The lowest BCUT2D eigenvalue weighted by molar-refractivity contribution is 0.477. The molecule has 4 heteroatoms. The van der Waals surface area contributed by atoms with E-state index in [-0.39, 0.29) is 5.75 Å². The van der Waals surface area contributed by atoms with Gasteiger partial charge in [-0.15, -0.1) is 0 Å². The second-order valence-corrected chi connectivity index (χ2v) is 3.84. The Hall–Kier alpha value is 0.0300. The van der Waals surface area contributed by atoms with Crippen molar-refractivity contribution in [3.63, 3.8) is 0 Å². The molecule has 0 radical (unpaired) electrons. The fourth-order valence-electron chi connectivity index (χ4n) is 0.552. The average Bonchev–Trinajstić information content (AvgIpc) is 1.84. The van der Waals surface area contributed by atoms with Gasteiger partial charge in [0.15, 0.2) is 0 Å². The number of anilines is 1. The van der Waals surface area contributed by atoms with Crippen LogP contribution in [-0.4, -0.2) is 5.11 Å². The molecule has 1 aromatic rings. The van der Waals surface area contributed by atoms with Crippen molar-refractivity contribution < 1.29 is 5.11 Å². The van der Waals surface area contributed by atoms with Gasteiger partial charge in [0.25, 0.3) is 0 Å². The lowest BCUT2D eigenvalue weighted by atomic mass is 10.3. The Bertz CT molecular complexity index is 214. The molecule has 0 spiro atoms. The Morgan fingerprint density at radius 2 is 2.10 bits per heavy atom. The normalized spacial score (nSPS) is 9.80. The van der Waals surface area contributed by atoms with Gasteiger partial charge in [0.2, 0.25) is 0 Å². The largest absolute Gasteiger partial charge is 0.506 e. The lowest BCUT2D eigenvalue weighted by Crippen LogP contribution is -1.86. The van der Waals surface area contributed by atoms with Crippen molar-refractivity contribution in [3.8, 4) is 5.75 Å². The SMILES string of the molecule is Nc1cc(Br)c(I)cc1O. The summed E-state index contributed by atoms with van der Waals surface area (Å²) in [6.45, 7) is 0. The highest BCUT2D eigenvalue weighted by atomic mass is 127. The first kappa shape index (κ1) is 8.13. The highest BCUT2D eigenvalue weighted by Crippen LogP contribution is 2.28. The third-order valence-electron chi connectivity index (χ3n) is 1.07. The molecule has 0 heterocycles. The predicted octanol–water partition coefficient (Wildman–Crippen LogP) is 2.34. The molecule has 0 aromatic heterocycles. The summed E-state index contributed by atoms with van der Waals surface area (Å²) in [7, 11) is 0. The first-order chi connectivity index (χ1) is 4.61. The van der Waals surface area contributed by atoms with Crippen LogP contribution < -0.4 is 5.73 Å². The highest BCUT2D eigenvalue weighted by molar-refractivity contribution is 14.1. The van der Waals surface area contributed by atoms with E-state index >= 15 is 0 Å². The molecule has 2 nitrogen and oxygen atoms in total. The van der Waals surface area contributed by atoms with Gasteiger partial charge >= 0.3 is 0 Å². The number of rotatable bonds is 0. The standard InChI is InChI=1S/C6H5BrINO/c7-3-1-5(9)6(10)2-4(3)8/h1-2,10H,9H2. The van der Waals surface area contributed by atoms with Gasteiger partial charge in [-0.3, -0.25) is 0 Å². The van der Waals surface area contributed by atoms with Gasteiger partial charge in [-0.1, -0.05) is 0 Å². The van der Waals surface area contributed by atoms with E-state index in [2.05, 4.69) is 38.5 Å². The van der Waals surface area contributed by atoms with Gasteiger partial charge < -0.3 is 10.8 Å². The van der Waals surface area contributed by atoms with E-state index in [0.29, 0.717) is 5.69 Å². The number of hydrogen-bond donors (Lipinski definition) is 2. The van der Waals surface area contributed by atoms with Crippen LogP contribution >= 0.6 is 38.5 Å². The van der Waals surface area contributed by atoms with Crippen LogP contribution in [-0.2, 0) is 0 Å². The zero-order chi connectivity index (χ0) is 7.72. The van der Waals surface area contributed by atoms with E-state index in [1.165, 1.54) is 0 Å². The minimum Gasteiger partial charge on any atom is -0.506 e. The van der Waals surface area contributed by atoms with Crippen LogP contribution in [0.5, 0.6) is 5.75 Å². The zero-order valence-electron chi connectivity index (χ0n) is 4.94. The second kappa shape index (κ2) is 2.96. The molecule has 0 aliphatic carbocycles. The van der Waals surface area contributed by atoms with E-state index in [1.807, 2.05) is 0 Å². The number of nitrogen functional groups attached to an aromatic ring is 1. The topological polar surface area (TPSA) is 46.2 Å². The number of benzene rings is 1. The number of phenolic OH excluding ortho intramolecular Hbond substituents is 1. The van der Waals surface area contributed by atoms with Crippen LogP contribution in [0.15, 0.2) is 16.6 Å². The maximum absolute atomic E-state index is 9.07. The lowest BCUT2D eigenvalue weighted by Gasteiger charge is -2.00. The maximum atomic E-state index is 9.07. The van der Waals surface area contributed by atoms with E-state index in [4.69, 9.17) is 10.8 Å². The molecule has 0 amide bonds. The van der Waals surface area contributed by atoms with Crippen molar-refractivity contribution in [2.45, 2.75) is 0 Å². The minimum absolute atomic E-state index is 0.132. The van der Waals surface area contributed by atoms with Gasteiger partial charge in [-0.25, -0.2) is 0 Å². The molecule has 0 unspecified atom stereocenters. The van der Waals surface area contributed by atoms with E-state index in [1.54, 1.807) is 12.1 Å². The Morgan fingerprint density at radius 1 is 1.50 bits per heavy atom. The molecule has 1 aromatic carbocycles. The molecule has 0 atom stereocenters. The maximum Gasteiger partial charge on any atom is 0.139 e. The monoisotopic (exact) mass is 313 g/mol. The number of halogens is 2. The predicted molar refractivity (Wildman–Crippen MR) is 52.9 cm³/mol. The van der Waals surface area contributed by atoms with Crippen molar-refractivity contribution in [3.05, 3.63) is 20.2 Å². The second-order valence-electron chi connectivity index (χ2n) is 1.83. The van der Waals surface area contributed by atoms with Crippen molar-refractivity contribution in [1.29, 1.82) is 0 Å². The summed E-state index contributed by atoms with van der Waals surface area (Å²) < 4.78 is 1.85. The molecule has 3 N–H and O–H groups in total. The van der Waals surface area contributed by atoms with Crippen LogP contribution in [0.1, 0.15) is 0 Å². The summed E-state index contributed by atoms with van der Waals surface area (Å²) in [5.41, 5.74) is 5.80. The van der Waals surface area contributed by atoms with Gasteiger partial charge in [0.1, 0.15) is 5.75 Å². The molecule has 0 saturated heterocycles. The van der Waals surface area contributed by atoms with Crippen molar-refractivity contribution in [2.24, 2.45) is 0 Å². The first-order valence-corrected chi connectivity index (χ1v) is 4.42. The van der Waals surface area contributed by atoms with Crippen molar-refractivity contribution in [1.82, 2.24) is 0 Å². The summed E-state index contributed by atoms with van der Waals surface area (Å²) in [5.74, 6) is 0.132. The summed E-state index contributed by atoms with van der Waals surface area (Å²) >= 11 is 5.39. The fraction of sp³-hybridized carbons (Fsp3) is 0. The number of hydrogen-bond acceptors (Lipinski definition) is 2. The van der Waals surface area contributed by atoms with Crippen LogP contribution in [0.2, 0.25) is 0 Å². The summed E-state index contributed by atoms with van der Waals surface area (Å²) in [4.78, 5) is 0. The number of phenols is 1. The molecule has 10 heavy (non-hydrogen) atoms. The van der Waals surface area contributed by atoms with E-state index < -0.39 is 0 Å². The number of aromatic hydroxyl groups is 1. The van der Waals surface area contributed by atoms with Crippen molar-refractivity contribution in [2.75, 3.05) is 5.73 Å². The molecular formula is C6H5BrINO. The Labute approximate surface area is 80.7 Å². The van der Waals surface area contributed by atoms with Crippen molar-refractivity contribution >= 4 is 44.2 Å².